The second-order valence-corrected chi connectivity index (χ2v) is 9.55. The average Bonchev–Trinajstić information content (AvgIpc) is 3.25. The lowest BCUT2D eigenvalue weighted by Gasteiger charge is -2.12. The molecule has 0 saturated carbocycles. The highest BCUT2D eigenvalue weighted by molar-refractivity contribution is 7.88. The normalized spacial score (nSPS) is 12.6. The van der Waals surface area contributed by atoms with Crippen LogP contribution in [0.15, 0.2) is 79.1 Å². The van der Waals surface area contributed by atoms with E-state index in [9.17, 15) is 8.42 Å². The number of H-pyrrole nitrogens is 1. The summed E-state index contributed by atoms with van der Waals surface area (Å²) in [7, 11) is -3.39. The summed E-state index contributed by atoms with van der Waals surface area (Å²) in [4.78, 5) is 12.4. The van der Waals surface area contributed by atoms with Crippen LogP contribution in [0.25, 0.3) is 33.9 Å². The number of aromatic amines is 1. The molecule has 4 aromatic rings. The first-order chi connectivity index (χ1) is 15.4. The summed E-state index contributed by atoms with van der Waals surface area (Å²) in [6.07, 6.45) is 4.25. The van der Waals surface area contributed by atoms with Gasteiger partial charge in [-0.05, 0) is 31.0 Å². The van der Waals surface area contributed by atoms with E-state index in [4.69, 9.17) is 4.98 Å². The highest BCUT2D eigenvalue weighted by Gasteiger charge is 2.17. The van der Waals surface area contributed by atoms with Crippen molar-refractivity contribution in [3.05, 3.63) is 84.7 Å². The van der Waals surface area contributed by atoms with E-state index >= 15 is 0 Å². The van der Waals surface area contributed by atoms with Crippen LogP contribution in [0.1, 0.15) is 25.8 Å². The summed E-state index contributed by atoms with van der Waals surface area (Å²) in [6, 6.07) is 21.3. The van der Waals surface area contributed by atoms with Crippen molar-refractivity contribution in [3.8, 4) is 33.9 Å². The summed E-state index contributed by atoms with van der Waals surface area (Å²) in [5.74, 6) is 0.724. The van der Waals surface area contributed by atoms with Gasteiger partial charge in [-0.3, -0.25) is 4.98 Å². The van der Waals surface area contributed by atoms with Gasteiger partial charge in [0, 0.05) is 35.1 Å². The van der Waals surface area contributed by atoms with Crippen molar-refractivity contribution in [2.24, 2.45) is 0 Å². The van der Waals surface area contributed by atoms with Crippen LogP contribution < -0.4 is 4.72 Å². The van der Waals surface area contributed by atoms with E-state index in [1.54, 1.807) is 12.4 Å². The predicted octanol–water partition coefficient (Wildman–Crippen LogP) is 5.02. The number of sulfonamides is 1. The zero-order valence-electron chi connectivity index (χ0n) is 18.1. The number of rotatable bonds is 8. The Hall–Kier alpha value is -3.29. The molecule has 2 aromatic carbocycles. The second kappa shape index (κ2) is 9.46. The zero-order valence-corrected chi connectivity index (χ0v) is 18.9. The van der Waals surface area contributed by atoms with Gasteiger partial charge in [0.05, 0.1) is 17.1 Å². The van der Waals surface area contributed by atoms with Gasteiger partial charge in [-0.15, -0.1) is 0 Å². The molecular weight excluding hydrogens is 420 g/mol. The molecule has 0 bridgehead atoms. The zero-order chi connectivity index (χ0) is 22.6. The molecule has 4 rings (SSSR count). The molecular formula is C25H26N4O2S. The second-order valence-electron chi connectivity index (χ2n) is 7.79. The number of imidazole rings is 1. The maximum absolute atomic E-state index is 12.4. The van der Waals surface area contributed by atoms with E-state index in [0.29, 0.717) is 0 Å². The van der Waals surface area contributed by atoms with Crippen molar-refractivity contribution < 1.29 is 8.42 Å². The first-order valence-electron chi connectivity index (χ1n) is 10.6. The quantitative estimate of drug-likeness (QED) is 0.398. The molecule has 0 spiro atoms. The van der Waals surface area contributed by atoms with Gasteiger partial charge < -0.3 is 4.98 Å². The van der Waals surface area contributed by atoms with Gasteiger partial charge in [-0.25, -0.2) is 18.1 Å². The van der Waals surface area contributed by atoms with Crippen LogP contribution in [-0.4, -0.2) is 29.4 Å². The molecule has 0 saturated heterocycles. The van der Waals surface area contributed by atoms with Crippen LogP contribution in [0, 0.1) is 0 Å². The maximum atomic E-state index is 12.4. The van der Waals surface area contributed by atoms with E-state index in [0.717, 1.165) is 45.9 Å². The highest BCUT2D eigenvalue weighted by Crippen LogP contribution is 2.33. The minimum Gasteiger partial charge on any atom is -0.337 e. The van der Waals surface area contributed by atoms with Gasteiger partial charge in [0.1, 0.15) is 5.82 Å². The Balaban J connectivity index is 1.68. The number of nitrogens with one attached hydrogen (secondary N) is 2. The lowest BCUT2D eigenvalue weighted by atomic mass is 10.0. The minimum absolute atomic E-state index is 0.0509. The minimum atomic E-state index is -3.39. The fourth-order valence-electron chi connectivity index (χ4n) is 3.45. The predicted molar refractivity (Wildman–Crippen MR) is 128 cm³/mol. The number of hydrogen-bond acceptors (Lipinski definition) is 4. The number of hydrogen-bond donors (Lipinski definition) is 2. The molecule has 0 radical (unpaired) electrons. The van der Waals surface area contributed by atoms with Crippen molar-refractivity contribution in [1.29, 1.82) is 0 Å². The highest BCUT2D eigenvalue weighted by atomic mass is 32.2. The number of benzene rings is 2. The Kier molecular flexibility index (Phi) is 6.48. The van der Waals surface area contributed by atoms with Gasteiger partial charge in [-0.1, -0.05) is 61.5 Å². The SMILES string of the molecule is CCC(C)NS(=O)(=O)Cc1ccc(-c2nc(-c3ccccc3)[nH]c2-c2ccncc2)cc1. The van der Waals surface area contributed by atoms with E-state index in [1.165, 1.54) is 0 Å². The van der Waals surface area contributed by atoms with Crippen molar-refractivity contribution in [3.63, 3.8) is 0 Å². The van der Waals surface area contributed by atoms with Crippen molar-refractivity contribution in [2.75, 3.05) is 0 Å². The lowest BCUT2D eigenvalue weighted by molar-refractivity contribution is 0.555. The Morgan fingerprint density at radius 2 is 1.59 bits per heavy atom. The van der Waals surface area contributed by atoms with Crippen LogP contribution in [0.2, 0.25) is 0 Å². The summed E-state index contributed by atoms with van der Waals surface area (Å²) in [6.45, 7) is 3.82. The largest absolute Gasteiger partial charge is 0.337 e. The molecule has 0 amide bonds. The smallest absolute Gasteiger partial charge is 0.216 e. The monoisotopic (exact) mass is 446 g/mol. The molecule has 164 valence electrons. The summed E-state index contributed by atoms with van der Waals surface area (Å²) in [5.41, 5.74) is 5.31. The van der Waals surface area contributed by atoms with Gasteiger partial charge in [0.25, 0.3) is 0 Å². The molecule has 0 aliphatic heterocycles. The summed E-state index contributed by atoms with van der Waals surface area (Å²) >= 11 is 0. The Bertz CT molecular complexity index is 1270. The lowest BCUT2D eigenvalue weighted by Crippen LogP contribution is -2.32. The van der Waals surface area contributed by atoms with Crippen molar-refractivity contribution in [2.45, 2.75) is 32.1 Å². The van der Waals surface area contributed by atoms with E-state index in [-0.39, 0.29) is 11.8 Å². The van der Waals surface area contributed by atoms with Crippen LogP contribution >= 0.6 is 0 Å². The van der Waals surface area contributed by atoms with Gasteiger partial charge >= 0.3 is 0 Å². The van der Waals surface area contributed by atoms with Crippen LogP contribution in [-0.2, 0) is 15.8 Å². The summed E-state index contributed by atoms with van der Waals surface area (Å²) in [5, 5.41) is 0. The van der Waals surface area contributed by atoms with E-state index in [1.807, 2.05) is 80.6 Å². The topological polar surface area (TPSA) is 87.7 Å². The van der Waals surface area contributed by atoms with Gasteiger partial charge in [-0.2, -0.15) is 0 Å². The molecule has 2 N–H and O–H groups in total. The first-order valence-corrected chi connectivity index (χ1v) is 12.3. The molecule has 6 nitrogen and oxygen atoms in total. The third kappa shape index (κ3) is 5.12. The Morgan fingerprint density at radius 3 is 2.25 bits per heavy atom. The molecule has 7 heteroatoms. The van der Waals surface area contributed by atoms with Crippen LogP contribution in [0.3, 0.4) is 0 Å². The summed E-state index contributed by atoms with van der Waals surface area (Å²) < 4.78 is 27.5. The van der Waals surface area contributed by atoms with Crippen molar-refractivity contribution in [1.82, 2.24) is 19.7 Å². The molecule has 0 aliphatic rings. The number of aromatic nitrogens is 3. The number of pyridine rings is 1. The molecule has 2 heterocycles. The fraction of sp³-hybridized carbons (Fsp3) is 0.200. The molecule has 32 heavy (non-hydrogen) atoms. The third-order valence-electron chi connectivity index (χ3n) is 5.30. The Morgan fingerprint density at radius 1 is 0.906 bits per heavy atom. The van der Waals surface area contributed by atoms with Gasteiger partial charge in [0.2, 0.25) is 10.0 Å². The molecule has 1 atom stereocenters. The molecule has 0 fully saturated rings. The van der Waals surface area contributed by atoms with E-state index < -0.39 is 10.0 Å². The van der Waals surface area contributed by atoms with E-state index in [2.05, 4.69) is 14.7 Å². The number of nitrogens with zero attached hydrogens (tertiary/aromatic N) is 2. The first kappa shape index (κ1) is 21.9. The fourth-order valence-corrected chi connectivity index (χ4v) is 4.95. The standard InChI is InChI=1S/C25H26N4O2S/c1-3-18(2)29-32(30,31)17-19-9-11-20(12-10-19)23-24(21-13-15-26-16-14-21)28-25(27-23)22-7-5-4-6-8-22/h4-16,18,29H,3,17H2,1-2H3,(H,27,28). The Labute approximate surface area is 188 Å². The third-order valence-corrected chi connectivity index (χ3v) is 6.77. The van der Waals surface area contributed by atoms with Gasteiger partial charge in [0.15, 0.2) is 0 Å². The molecule has 1 unspecified atom stereocenters. The maximum Gasteiger partial charge on any atom is 0.216 e. The van der Waals surface area contributed by atoms with Crippen LogP contribution in [0.4, 0.5) is 0 Å². The van der Waals surface area contributed by atoms with Crippen LogP contribution in [0.5, 0.6) is 0 Å². The average molecular weight is 447 g/mol. The molecule has 0 aliphatic carbocycles. The molecule has 2 aromatic heterocycles. The van der Waals surface area contributed by atoms with Crippen molar-refractivity contribution >= 4 is 10.0 Å².